The van der Waals surface area contributed by atoms with E-state index >= 15 is 0 Å². The molecule has 92 valence electrons. The van der Waals surface area contributed by atoms with Crippen molar-refractivity contribution in [2.24, 2.45) is 0 Å². The number of carboxylic acid groups (broad SMARTS) is 1. The Bertz CT molecular complexity index is 571. The lowest BCUT2D eigenvalue weighted by molar-refractivity contribution is -0.137. The van der Waals surface area contributed by atoms with Crippen molar-refractivity contribution < 1.29 is 9.90 Å². The van der Waals surface area contributed by atoms with E-state index in [9.17, 15) is 4.79 Å². The highest BCUT2D eigenvalue weighted by Gasteiger charge is 2.45. The monoisotopic (exact) mass is 242 g/mol. The van der Waals surface area contributed by atoms with Crippen LogP contribution in [-0.2, 0) is 10.2 Å². The predicted molar refractivity (Wildman–Crippen MR) is 66.7 cm³/mol. The summed E-state index contributed by atoms with van der Waals surface area (Å²) in [6, 6.07) is 9.88. The maximum atomic E-state index is 10.9. The van der Waals surface area contributed by atoms with Gasteiger partial charge in [-0.15, -0.1) is 0 Å². The zero-order valence-electron chi connectivity index (χ0n) is 9.91. The van der Waals surface area contributed by atoms with Crippen LogP contribution in [0.1, 0.15) is 24.8 Å². The van der Waals surface area contributed by atoms with E-state index in [-0.39, 0.29) is 11.8 Å². The molecule has 1 aromatic heterocycles. The van der Waals surface area contributed by atoms with Gasteiger partial charge in [0.25, 0.3) is 0 Å². The minimum atomic E-state index is -0.725. The molecule has 0 bridgehead atoms. The largest absolute Gasteiger partial charge is 0.481 e. The quantitative estimate of drug-likeness (QED) is 0.895. The van der Waals surface area contributed by atoms with Crippen molar-refractivity contribution in [1.82, 2.24) is 9.78 Å². The molecule has 4 nitrogen and oxygen atoms in total. The van der Waals surface area contributed by atoms with E-state index in [4.69, 9.17) is 5.11 Å². The fourth-order valence-corrected chi connectivity index (χ4v) is 2.41. The topological polar surface area (TPSA) is 55.1 Å². The minimum absolute atomic E-state index is 0.144. The number of rotatable bonds is 4. The number of benzene rings is 1. The molecule has 1 N–H and O–H groups in total. The highest BCUT2D eigenvalue weighted by atomic mass is 16.4. The summed E-state index contributed by atoms with van der Waals surface area (Å²) in [4.78, 5) is 10.9. The van der Waals surface area contributed by atoms with Gasteiger partial charge in [0.05, 0.1) is 12.1 Å². The van der Waals surface area contributed by atoms with E-state index in [0.29, 0.717) is 0 Å². The van der Waals surface area contributed by atoms with E-state index in [1.807, 2.05) is 36.5 Å². The lowest BCUT2D eigenvalue weighted by atomic mass is 9.92. The second-order valence-corrected chi connectivity index (χ2v) is 4.85. The molecule has 0 atom stereocenters. The summed E-state index contributed by atoms with van der Waals surface area (Å²) in [5.74, 6) is -0.725. The number of aliphatic carboxylic acids is 1. The molecular weight excluding hydrogens is 228 g/mol. The Balaban J connectivity index is 1.95. The van der Waals surface area contributed by atoms with Crippen LogP contribution in [0.15, 0.2) is 42.7 Å². The van der Waals surface area contributed by atoms with Gasteiger partial charge < -0.3 is 5.11 Å². The van der Waals surface area contributed by atoms with Gasteiger partial charge in [-0.05, 0) is 36.6 Å². The van der Waals surface area contributed by atoms with Crippen LogP contribution in [0.2, 0.25) is 0 Å². The molecule has 1 aliphatic rings. The van der Waals surface area contributed by atoms with Crippen molar-refractivity contribution in [2.45, 2.75) is 24.7 Å². The Hall–Kier alpha value is -2.10. The number of carboxylic acids is 1. The summed E-state index contributed by atoms with van der Waals surface area (Å²) >= 11 is 0. The van der Waals surface area contributed by atoms with Crippen molar-refractivity contribution in [2.75, 3.05) is 0 Å². The lowest BCUT2D eigenvalue weighted by Gasteiger charge is -2.14. The van der Waals surface area contributed by atoms with E-state index in [2.05, 4.69) is 5.10 Å². The van der Waals surface area contributed by atoms with Crippen LogP contribution in [0, 0.1) is 0 Å². The second-order valence-electron chi connectivity index (χ2n) is 4.85. The predicted octanol–water partition coefficient (Wildman–Crippen LogP) is 2.38. The molecule has 1 saturated carbocycles. The van der Waals surface area contributed by atoms with Crippen LogP contribution in [-0.4, -0.2) is 20.9 Å². The first-order valence-electron chi connectivity index (χ1n) is 6.02. The van der Waals surface area contributed by atoms with Gasteiger partial charge in [-0.2, -0.15) is 5.10 Å². The van der Waals surface area contributed by atoms with Gasteiger partial charge in [0.15, 0.2) is 0 Å². The van der Waals surface area contributed by atoms with Crippen LogP contribution in [0.25, 0.3) is 5.69 Å². The van der Waals surface area contributed by atoms with Gasteiger partial charge in [-0.3, -0.25) is 4.79 Å². The smallest absolute Gasteiger partial charge is 0.304 e. The first-order chi connectivity index (χ1) is 8.70. The maximum Gasteiger partial charge on any atom is 0.304 e. The van der Waals surface area contributed by atoms with Crippen LogP contribution in [0.5, 0.6) is 0 Å². The standard InChI is InChI=1S/C14H14N2O2/c17-13(18)10-14(5-6-14)11-3-1-4-12(9-11)16-8-2-7-15-16/h1-4,7-9H,5-6,10H2,(H,17,18). The molecule has 1 aliphatic carbocycles. The number of hydrogen-bond donors (Lipinski definition) is 1. The van der Waals surface area contributed by atoms with Gasteiger partial charge in [-0.25, -0.2) is 4.68 Å². The van der Waals surface area contributed by atoms with Gasteiger partial charge in [0.2, 0.25) is 0 Å². The molecule has 0 radical (unpaired) electrons. The Labute approximate surface area is 105 Å². The summed E-state index contributed by atoms with van der Waals surface area (Å²) in [7, 11) is 0. The van der Waals surface area contributed by atoms with Crippen LogP contribution >= 0.6 is 0 Å². The van der Waals surface area contributed by atoms with Gasteiger partial charge in [-0.1, -0.05) is 12.1 Å². The fraction of sp³-hybridized carbons (Fsp3) is 0.286. The summed E-state index contributed by atoms with van der Waals surface area (Å²) in [5, 5.41) is 13.2. The van der Waals surface area contributed by atoms with Crippen molar-refractivity contribution in [3.63, 3.8) is 0 Å². The summed E-state index contributed by atoms with van der Waals surface area (Å²) in [6.45, 7) is 0. The summed E-state index contributed by atoms with van der Waals surface area (Å²) in [6.07, 6.45) is 5.76. The Morgan fingerprint density at radius 3 is 2.83 bits per heavy atom. The molecule has 0 amide bonds. The lowest BCUT2D eigenvalue weighted by Crippen LogP contribution is -2.13. The molecule has 0 aliphatic heterocycles. The van der Waals surface area contributed by atoms with Crippen molar-refractivity contribution in [1.29, 1.82) is 0 Å². The normalized spacial score (nSPS) is 16.4. The van der Waals surface area contributed by atoms with Crippen LogP contribution in [0.3, 0.4) is 0 Å². The highest BCUT2D eigenvalue weighted by Crippen LogP contribution is 2.51. The van der Waals surface area contributed by atoms with E-state index < -0.39 is 5.97 Å². The average molecular weight is 242 g/mol. The van der Waals surface area contributed by atoms with E-state index in [1.54, 1.807) is 10.9 Å². The maximum absolute atomic E-state index is 10.9. The molecular formula is C14H14N2O2. The molecule has 0 saturated heterocycles. The Kier molecular flexibility index (Phi) is 2.44. The molecule has 2 aromatic rings. The van der Waals surface area contributed by atoms with Crippen molar-refractivity contribution in [3.05, 3.63) is 48.3 Å². The number of carbonyl (C=O) groups is 1. The second kappa shape index (κ2) is 3.98. The van der Waals surface area contributed by atoms with Crippen LogP contribution < -0.4 is 0 Å². The van der Waals surface area contributed by atoms with Crippen LogP contribution in [0.4, 0.5) is 0 Å². The third-order valence-corrected chi connectivity index (χ3v) is 3.57. The zero-order valence-corrected chi connectivity index (χ0v) is 9.91. The highest BCUT2D eigenvalue weighted by molar-refractivity contribution is 5.70. The number of nitrogens with zero attached hydrogens (tertiary/aromatic N) is 2. The first kappa shape index (κ1) is 11.0. The summed E-state index contributed by atoms with van der Waals surface area (Å²) in [5.41, 5.74) is 1.95. The molecule has 1 heterocycles. The SMILES string of the molecule is O=C(O)CC1(c2cccc(-n3cccn3)c2)CC1. The number of hydrogen-bond acceptors (Lipinski definition) is 2. The molecule has 4 heteroatoms. The third kappa shape index (κ3) is 1.90. The molecule has 1 fully saturated rings. The molecule has 0 spiro atoms. The third-order valence-electron chi connectivity index (χ3n) is 3.57. The minimum Gasteiger partial charge on any atom is -0.481 e. The first-order valence-corrected chi connectivity index (χ1v) is 6.02. The van der Waals surface area contributed by atoms with Crippen molar-refractivity contribution in [3.8, 4) is 5.69 Å². The zero-order chi connectivity index (χ0) is 12.6. The average Bonchev–Trinajstić information content (AvgIpc) is 2.93. The number of aromatic nitrogens is 2. The van der Waals surface area contributed by atoms with E-state index in [0.717, 1.165) is 24.1 Å². The van der Waals surface area contributed by atoms with E-state index in [1.165, 1.54) is 0 Å². The molecule has 1 aromatic carbocycles. The summed E-state index contributed by atoms with van der Waals surface area (Å²) < 4.78 is 1.79. The van der Waals surface area contributed by atoms with Crippen molar-refractivity contribution >= 4 is 5.97 Å². The van der Waals surface area contributed by atoms with Gasteiger partial charge in [0, 0.05) is 17.8 Å². The fourth-order valence-electron chi connectivity index (χ4n) is 2.41. The molecule has 3 rings (SSSR count). The van der Waals surface area contributed by atoms with Gasteiger partial charge in [0.1, 0.15) is 0 Å². The van der Waals surface area contributed by atoms with Gasteiger partial charge >= 0.3 is 5.97 Å². The molecule has 0 unspecified atom stereocenters. The Morgan fingerprint density at radius 2 is 2.22 bits per heavy atom. The molecule has 18 heavy (non-hydrogen) atoms. The Morgan fingerprint density at radius 1 is 1.39 bits per heavy atom.